The first-order valence-corrected chi connectivity index (χ1v) is 5.15. The van der Waals surface area contributed by atoms with Crippen LogP contribution in [0.1, 0.15) is 18.4 Å². The fourth-order valence-corrected chi connectivity index (χ4v) is 2.15. The molecule has 1 aliphatic carbocycles. The highest BCUT2D eigenvalue weighted by Gasteiger charge is 2.43. The minimum atomic E-state index is -0.722. The molecule has 14 heavy (non-hydrogen) atoms. The van der Waals surface area contributed by atoms with Crippen molar-refractivity contribution in [3.63, 3.8) is 0 Å². The van der Waals surface area contributed by atoms with Gasteiger partial charge in [0.1, 0.15) is 0 Å². The summed E-state index contributed by atoms with van der Waals surface area (Å²) in [5.74, 6) is 0.468. The largest absolute Gasteiger partial charge is 0.504 e. The molecule has 0 aliphatic heterocycles. The normalized spacial score (nSPS) is 17.9. The zero-order chi connectivity index (χ0) is 10.3. The van der Waals surface area contributed by atoms with E-state index in [4.69, 9.17) is 4.74 Å². The van der Waals surface area contributed by atoms with Gasteiger partial charge < -0.3 is 14.9 Å². The first kappa shape index (κ1) is 9.80. The third-order valence-corrected chi connectivity index (χ3v) is 3.15. The van der Waals surface area contributed by atoms with Gasteiger partial charge in [0.15, 0.2) is 11.5 Å². The minimum absolute atomic E-state index is 0.0763. The number of hydrogen-bond donors (Lipinski definition) is 2. The Kier molecular flexibility index (Phi) is 2.20. The summed E-state index contributed by atoms with van der Waals surface area (Å²) in [5, 5.41) is 19.4. The Hall–Kier alpha value is -0.740. The summed E-state index contributed by atoms with van der Waals surface area (Å²) in [6.07, 6.45) is 1.53. The molecular weight excluding hydrogens is 248 g/mol. The molecule has 4 heteroatoms. The van der Waals surface area contributed by atoms with Gasteiger partial charge in [-0.1, -0.05) is 15.9 Å². The van der Waals surface area contributed by atoms with Gasteiger partial charge in [0.2, 0.25) is 0 Å². The molecular formula is C10H11BrO3. The van der Waals surface area contributed by atoms with Crippen LogP contribution in [0.3, 0.4) is 0 Å². The van der Waals surface area contributed by atoms with Crippen molar-refractivity contribution in [3.05, 3.63) is 22.2 Å². The van der Waals surface area contributed by atoms with Crippen molar-refractivity contribution < 1.29 is 14.9 Å². The lowest BCUT2D eigenvalue weighted by molar-refractivity contribution is 0.150. The van der Waals surface area contributed by atoms with E-state index in [2.05, 4.69) is 15.9 Å². The number of benzene rings is 1. The second-order valence-corrected chi connectivity index (χ2v) is 4.39. The second kappa shape index (κ2) is 3.14. The van der Waals surface area contributed by atoms with Crippen LogP contribution in [0, 0.1) is 0 Å². The molecule has 1 aromatic rings. The third kappa shape index (κ3) is 1.48. The number of halogens is 1. The van der Waals surface area contributed by atoms with Gasteiger partial charge in [0.05, 0.1) is 12.7 Å². The van der Waals surface area contributed by atoms with Crippen molar-refractivity contribution in [2.75, 3.05) is 7.11 Å². The summed E-state index contributed by atoms with van der Waals surface area (Å²) in [6, 6.07) is 3.22. The molecule has 1 fully saturated rings. The molecule has 0 unspecified atom stereocenters. The number of ether oxygens (including phenoxy) is 1. The Bertz CT molecular complexity index is 372. The Morgan fingerprint density at radius 3 is 2.57 bits per heavy atom. The van der Waals surface area contributed by atoms with E-state index in [1.54, 1.807) is 12.1 Å². The van der Waals surface area contributed by atoms with E-state index >= 15 is 0 Å². The lowest BCUT2D eigenvalue weighted by atomic mass is 10.1. The van der Waals surface area contributed by atoms with Crippen LogP contribution in [0.4, 0.5) is 0 Å². The molecule has 3 nitrogen and oxygen atoms in total. The van der Waals surface area contributed by atoms with Crippen LogP contribution in [0.2, 0.25) is 0 Å². The molecule has 1 aliphatic rings. The number of phenols is 1. The van der Waals surface area contributed by atoms with Gasteiger partial charge >= 0.3 is 0 Å². The average Bonchev–Trinajstić information content (AvgIpc) is 2.85. The van der Waals surface area contributed by atoms with Crippen LogP contribution in [-0.4, -0.2) is 17.3 Å². The molecule has 0 atom stereocenters. The molecule has 2 N–H and O–H groups in total. The van der Waals surface area contributed by atoms with E-state index < -0.39 is 5.60 Å². The molecule has 0 radical (unpaired) electrons. The van der Waals surface area contributed by atoms with Crippen molar-refractivity contribution in [3.8, 4) is 11.5 Å². The van der Waals surface area contributed by atoms with E-state index in [0.717, 1.165) is 22.9 Å². The van der Waals surface area contributed by atoms with Gasteiger partial charge in [-0.3, -0.25) is 0 Å². The molecule has 76 valence electrons. The van der Waals surface area contributed by atoms with Crippen LogP contribution in [0.15, 0.2) is 16.6 Å². The zero-order valence-corrected chi connectivity index (χ0v) is 9.34. The Balaban J connectivity index is 2.50. The average molecular weight is 259 g/mol. The monoisotopic (exact) mass is 258 g/mol. The maximum absolute atomic E-state index is 9.92. The summed E-state index contributed by atoms with van der Waals surface area (Å²) < 4.78 is 5.70. The van der Waals surface area contributed by atoms with E-state index in [-0.39, 0.29) is 5.75 Å². The van der Waals surface area contributed by atoms with Gasteiger partial charge in [-0.15, -0.1) is 0 Å². The smallest absolute Gasteiger partial charge is 0.160 e. The van der Waals surface area contributed by atoms with Crippen LogP contribution >= 0.6 is 15.9 Å². The van der Waals surface area contributed by atoms with Crippen molar-refractivity contribution >= 4 is 15.9 Å². The quantitative estimate of drug-likeness (QED) is 0.855. The van der Waals surface area contributed by atoms with Crippen LogP contribution in [-0.2, 0) is 5.60 Å². The Labute approximate surface area is 90.5 Å². The predicted octanol–water partition coefficient (Wildman–Crippen LogP) is 2.14. The minimum Gasteiger partial charge on any atom is -0.504 e. The highest BCUT2D eigenvalue weighted by Crippen LogP contribution is 2.50. The van der Waals surface area contributed by atoms with Gasteiger partial charge in [0.25, 0.3) is 0 Å². The van der Waals surface area contributed by atoms with Crippen LogP contribution in [0.25, 0.3) is 0 Å². The zero-order valence-electron chi connectivity index (χ0n) is 7.75. The first-order chi connectivity index (χ1) is 6.57. The van der Waals surface area contributed by atoms with Gasteiger partial charge in [0, 0.05) is 10.0 Å². The van der Waals surface area contributed by atoms with Gasteiger partial charge in [-0.2, -0.15) is 0 Å². The number of phenolic OH excluding ortho intramolecular Hbond substituents is 1. The summed E-state index contributed by atoms with van der Waals surface area (Å²) in [7, 11) is 1.49. The maximum Gasteiger partial charge on any atom is 0.160 e. The lowest BCUT2D eigenvalue weighted by Crippen LogP contribution is -2.05. The summed E-state index contributed by atoms with van der Waals surface area (Å²) in [6.45, 7) is 0. The fraction of sp³-hybridized carbons (Fsp3) is 0.400. The highest BCUT2D eigenvalue weighted by molar-refractivity contribution is 9.10. The molecule has 0 amide bonds. The summed E-state index contributed by atoms with van der Waals surface area (Å²) >= 11 is 3.31. The van der Waals surface area contributed by atoms with E-state index in [9.17, 15) is 10.2 Å². The predicted molar refractivity (Wildman–Crippen MR) is 55.5 cm³/mol. The molecule has 0 heterocycles. The highest BCUT2D eigenvalue weighted by atomic mass is 79.9. The Morgan fingerprint density at radius 2 is 2.07 bits per heavy atom. The second-order valence-electron chi connectivity index (χ2n) is 3.54. The summed E-state index contributed by atoms with van der Waals surface area (Å²) in [4.78, 5) is 0. The molecule has 0 aromatic heterocycles. The molecule has 1 aromatic carbocycles. The molecule has 1 saturated carbocycles. The molecule has 2 rings (SSSR count). The lowest BCUT2D eigenvalue weighted by Gasteiger charge is -2.13. The van der Waals surface area contributed by atoms with E-state index in [1.165, 1.54) is 7.11 Å². The van der Waals surface area contributed by atoms with Crippen molar-refractivity contribution in [1.82, 2.24) is 0 Å². The molecule has 0 bridgehead atoms. The van der Waals surface area contributed by atoms with Crippen LogP contribution in [0.5, 0.6) is 11.5 Å². The van der Waals surface area contributed by atoms with Crippen LogP contribution < -0.4 is 4.74 Å². The number of hydrogen-bond acceptors (Lipinski definition) is 3. The number of aliphatic hydroxyl groups is 1. The van der Waals surface area contributed by atoms with Crippen molar-refractivity contribution in [2.24, 2.45) is 0 Å². The van der Waals surface area contributed by atoms with Crippen molar-refractivity contribution in [1.29, 1.82) is 0 Å². The molecule has 0 saturated heterocycles. The number of rotatable bonds is 2. The van der Waals surface area contributed by atoms with Gasteiger partial charge in [-0.25, -0.2) is 0 Å². The SMILES string of the molecule is COc1cc(C2(O)CC2)c(Br)cc1O. The molecule has 0 spiro atoms. The fourth-order valence-electron chi connectivity index (χ4n) is 1.45. The third-order valence-electron chi connectivity index (χ3n) is 2.49. The van der Waals surface area contributed by atoms with E-state index in [1.807, 2.05) is 0 Å². The topological polar surface area (TPSA) is 49.7 Å². The number of methoxy groups -OCH3 is 1. The van der Waals surface area contributed by atoms with Crippen molar-refractivity contribution in [2.45, 2.75) is 18.4 Å². The first-order valence-electron chi connectivity index (χ1n) is 4.36. The summed E-state index contributed by atoms with van der Waals surface area (Å²) in [5.41, 5.74) is 0.0620. The maximum atomic E-state index is 9.92. The number of aromatic hydroxyl groups is 1. The van der Waals surface area contributed by atoms with E-state index in [0.29, 0.717) is 5.75 Å². The standard InChI is InChI=1S/C10H11BrO3/c1-14-9-4-6(10(13)2-3-10)7(11)5-8(9)12/h4-5,12-13H,2-3H2,1H3. The van der Waals surface area contributed by atoms with Gasteiger partial charge in [-0.05, 0) is 25.0 Å². The Morgan fingerprint density at radius 1 is 1.43 bits per heavy atom.